The molecule has 1 amide bonds. The van der Waals surface area contributed by atoms with E-state index in [1.54, 1.807) is 5.38 Å². The third kappa shape index (κ3) is 3.62. The predicted molar refractivity (Wildman–Crippen MR) is 72.8 cm³/mol. The molecular formula is C11H16N2O4S2. The molecule has 1 heterocycles. The number of nitrogens with one attached hydrogen (secondary N) is 1. The smallest absolute Gasteiger partial charge is 0.253 e. The molecule has 0 aliphatic carbocycles. The van der Waals surface area contributed by atoms with Crippen molar-refractivity contribution in [2.75, 3.05) is 20.1 Å². The second kappa shape index (κ2) is 6.78. The fourth-order valence-corrected chi connectivity index (χ4v) is 4.41. The van der Waals surface area contributed by atoms with E-state index < -0.39 is 10.0 Å². The highest BCUT2D eigenvalue weighted by Crippen LogP contribution is 2.25. The lowest BCUT2D eigenvalue weighted by Crippen LogP contribution is -2.40. The van der Waals surface area contributed by atoms with Gasteiger partial charge in [0.25, 0.3) is 10.0 Å². The summed E-state index contributed by atoms with van der Waals surface area (Å²) in [5.41, 5.74) is 0.128. The highest BCUT2D eigenvalue weighted by atomic mass is 32.2. The minimum Gasteiger partial charge on any atom is -0.358 e. The van der Waals surface area contributed by atoms with Crippen LogP contribution in [0.15, 0.2) is 15.7 Å². The first-order valence-electron chi connectivity index (χ1n) is 5.70. The Labute approximate surface area is 116 Å². The highest BCUT2D eigenvalue weighted by molar-refractivity contribution is 7.91. The van der Waals surface area contributed by atoms with Crippen LogP contribution in [-0.2, 0) is 14.8 Å². The van der Waals surface area contributed by atoms with Crippen LogP contribution >= 0.6 is 11.3 Å². The van der Waals surface area contributed by atoms with E-state index in [1.807, 2.05) is 6.92 Å². The lowest BCUT2D eigenvalue weighted by atomic mass is 10.4. The Morgan fingerprint density at radius 3 is 2.74 bits per heavy atom. The first-order valence-corrected chi connectivity index (χ1v) is 8.02. The van der Waals surface area contributed by atoms with Gasteiger partial charge in [-0.15, -0.1) is 11.3 Å². The standard InChI is InChI=1S/C11H16N2O4S2/c1-3-5-13(7-10(15)12-2)19(16,17)11-9(8-14)4-6-18-11/h4,6,8H,3,5,7H2,1-2H3,(H,12,15). The lowest BCUT2D eigenvalue weighted by Gasteiger charge is -2.20. The topological polar surface area (TPSA) is 83.6 Å². The molecule has 1 rings (SSSR count). The number of aldehydes is 1. The van der Waals surface area contributed by atoms with Crippen LogP contribution < -0.4 is 5.32 Å². The van der Waals surface area contributed by atoms with E-state index in [1.165, 1.54) is 13.1 Å². The second-order valence-corrected chi connectivity index (χ2v) is 6.84. The van der Waals surface area contributed by atoms with Crippen LogP contribution in [0, 0.1) is 0 Å². The number of hydrogen-bond donors (Lipinski definition) is 1. The van der Waals surface area contributed by atoms with Gasteiger partial charge < -0.3 is 5.32 Å². The molecule has 1 N–H and O–H groups in total. The predicted octanol–water partition coefficient (Wildman–Crippen LogP) is 0.707. The zero-order chi connectivity index (χ0) is 14.5. The van der Waals surface area contributed by atoms with Crippen molar-refractivity contribution in [3.05, 3.63) is 17.0 Å². The van der Waals surface area contributed by atoms with Crippen LogP contribution in [0.25, 0.3) is 0 Å². The molecule has 0 aromatic carbocycles. The maximum atomic E-state index is 12.4. The molecule has 1 aromatic rings. The third-order valence-electron chi connectivity index (χ3n) is 2.43. The van der Waals surface area contributed by atoms with Crippen molar-refractivity contribution in [3.63, 3.8) is 0 Å². The quantitative estimate of drug-likeness (QED) is 0.752. The molecule has 0 fully saturated rings. The summed E-state index contributed by atoms with van der Waals surface area (Å²) in [7, 11) is -2.36. The van der Waals surface area contributed by atoms with Gasteiger partial charge in [-0.3, -0.25) is 9.59 Å². The minimum atomic E-state index is -3.81. The van der Waals surface area contributed by atoms with Crippen LogP contribution in [0.4, 0.5) is 0 Å². The van der Waals surface area contributed by atoms with Crippen LogP contribution in [0.5, 0.6) is 0 Å². The molecule has 0 aliphatic rings. The maximum Gasteiger partial charge on any atom is 0.253 e. The first-order chi connectivity index (χ1) is 8.97. The molecule has 106 valence electrons. The molecule has 0 bridgehead atoms. The lowest BCUT2D eigenvalue weighted by molar-refractivity contribution is -0.120. The fourth-order valence-electron chi connectivity index (χ4n) is 1.49. The van der Waals surface area contributed by atoms with E-state index >= 15 is 0 Å². The van der Waals surface area contributed by atoms with E-state index in [0.29, 0.717) is 12.7 Å². The summed E-state index contributed by atoms with van der Waals surface area (Å²) in [5.74, 6) is -0.388. The van der Waals surface area contributed by atoms with Crippen molar-refractivity contribution >= 4 is 33.6 Å². The summed E-state index contributed by atoms with van der Waals surface area (Å²) in [4.78, 5) is 22.2. The van der Waals surface area contributed by atoms with Gasteiger partial charge in [-0.1, -0.05) is 6.92 Å². The van der Waals surface area contributed by atoms with E-state index in [2.05, 4.69) is 5.32 Å². The van der Waals surface area contributed by atoms with Crippen LogP contribution in [0.3, 0.4) is 0 Å². The van der Waals surface area contributed by atoms with E-state index in [-0.39, 0.29) is 28.8 Å². The molecular weight excluding hydrogens is 288 g/mol. The molecule has 1 aromatic heterocycles. The molecule has 0 spiro atoms. The molecule has 19 heavy (non-hydrogen) atoms. The maximum absolute atomic E-state index is 12.4. The van der Waals surface area contributed by atoms with Crippen LogP contribution in [0.1, 0.15) is 23.7 Å². The molecule has 0 radical (unpaired) electrons. The van der Waals surface area contributed by atoms with Gasteiger partial charge in [0, 0.05) is 19.2 Å². The highest BCUT2D eigenvalue weighted by Gasteiger charge is 2.29. The van der Waals surface area contributed by atoms with Crippen molar-refractivity contribution in [1.29, 1.82) is 0 Å². The zero-order valence-electron chi connectivity index (χ0n) is 10.8. The second-order valence-electron chi connectivity index (χ2n) is 3.79. The average molecular weight is 304 g/mol. The van der Waals surface area contributed by atoms with Crippen molar-refractivity contribution in [1.82, 2.24) is 9.62 Å². The van der Waals surface area contributed by atoms with Gasteiger partial charge in [0.15, 0.2) is 6.29 Å². The van der Waals surface area contributed by atoms with Gasteiger partial charge in [0.1, 0.15) is 4.21 Å². The number of rotatable bonds is 7. The van der Waals surface area contributed by atoms with Gasteiger partial charge in [-0.25, -0.2) is 8.42 Å². The van der Waals surface area contributed by atoms with Crippen molar-refractivity contribution in [2.24, 2.45) is 0 Å². The summed E-state index contributed by atoms with van der Waals surface area (Å²) in [6.45, 7) is 1.80. The average Bonchev–Trinajstić information content (AvgIpc) is 2.86. The molecule has 0 unspecified atom stereocenters. The summed E-state index contributed by atoms with van der Waals surface area (Å²) < 4.78 is 25.9. The molecule has 0 atom stereocenters. The summed E-state index contributed by atoms with van der Waals surface area (Å²) >= 11 is 0.977. The molecule has 0 aliphatic heterocycles. The Hall–Kier alpha value is -1.25. The number of sulfonamides is 1. The van der Waals surface area contributed by atoms with Gasteiger partial charge >= 0.3 is 0 Å². The molecule has 6 nitrogen and oxygen atoms in total. The zero-order valence-corrected chi connectivity index (χ0v) is 12.4. The third-order valence-corrected chi connectivity index (χ3v) is 5.77. The molecule has 0 saturated carbocycles. The van der Waals surface area contributed by atoms with Crippen LogP contribution in [-0.4, -0.2) is 45.1 Å². The van der Waals surface area contributed by atoms with Gasteiger partial charge in [0.05, 0.1) is 6.54 Å². The number of likely N-dealkylation sites (N-methyl/N-ethyl adjacent to an activating group) is 1. The number of carbonyl (C=O) groups is 2. The number of thiophene rings is 1. The van der Waals surface area contributed by atoms with E-state index in [4.69, 9.17) is 0 Å². The summed E-state index contributed by atoms with van der Waals surface area (Å²) in [5, 5.41) is 3.93. The monoisotopic (exact) mass is 304 g/mol. The number of amides is 1. The Morgan fingerprint density at radius 1 is 1.53 bits per heavy atom. The Kier molecular flexibility index (Phi) is 5.64. The number of nitrogens with zero attached hydrogens (tertiary/aromatic N) is 1. The normalized spacial score (nSPS) is 11.5. The first kappa shape index (κ1) is 15.8. The van der Waals surface area contributed by atoms with Crippen molar-refractivity contribution < 1.29 is 18.0 Å². The van der Waals surface area contributed by atoms with Gasteiger partial charge in [-0.2, -0.15) is 4.31 Å². The van der Waals surface area contributed by atoms with Gasteiger partial charge in [0.2, 0.25) is 5.91 Å². The van der Waals surface area contributed by atoms with Crippen LogP contribution in [0.2, 0.25) is 0 Å². The molecule has 0 saturated heterocycles. The number of hydrogen-bond acceptors (Lipinski definition) is 5. The van der Waals surface area contributed by atoms with Crippen molar-refractivity contribution in [3.8, 4) is 0 Å². The summed E-state index contributed by atoms with van der Waals surface area (Å²) in [6.07, 6.45) is 1.09. The summed E-state index contributed by atoms with van der Waals surface area (Å²) in [6, 6.07) is 1.45. The van der Waals surface area contributed by atoms with Gasteiger partial charge in [-0.05, 0) is 17.9 Å². The fraction of sp³-hybridized carbons (Fsp3) is 0.455. The minimum absolute atomic E-state index is 0.0140. The largest absolute Gasteiger partial charge is 0.358 e. The Bertz CT molecular complexity index is 551. The van der Waals surface area contributed by atoms with E-state index in [0.717, 1.165) is 15.6 Å². The van der Waals surface area contributed by atoms with E-state index in [9.17, 15) is 18.0 Å². The SMILES string of the molecule is CCCN(CC(=O)NC)S(=O)(=O)c1sccc1C=O. The molecule has 8 heteroatoms. The number of carbonyl (C=O) groups excluding carboxylic acids is 2. The Morgan fingerprint density at radius 2 is 2.21 bits per heavy atom. The Balaban J connectivity index is 3.12. The van der Waals surface area contributed by atoms with Crippen molar-refractivity contribution in [2.45, 2.75) is 17.6 Å².